The van der Waals surface area contributed by atoms with Crippen LogP contribution < -0.4 is 10.6 Å². The fourth-order valence-corrected chi connectivity index (χ4v) is 5.04. The summed E-state index contributed by atoms with van der Waals surface area (Å²) in [7, 11) is 1.56. The Morgan fingerprint density at radius 3 is 2.41 bits per heavy atom. The number of carbonyl (C=O) groups is 2. The van der Waals surface area contributed by atoms with Crippen LogP contribution in [0.1, 0.15) is 44.7 Å². The lowest BCUT2D eigenvalue weighted by Crippen LogP contribution is -2.34. The molecule has 0 spiro atoms. The van der Waals surface area contributed by atoms with Gasteiger partial charge in [0.1, 0.15) is 17.2 Å². The van der Waals surface area contributed by atoms with Gasteiger partial charge in [0.15, 0.2) is 0 Å². The topological polar surface area (TPSA) is 84.2 Å². The first kappa shape index (κ1) is 24.6. The van der Waals surface area contributed by atoms with Crippen LogP contribution in [0, 0.1) is 12.7 Å². The van der Waals surface area contributed by atoms with Gasteiger partial charge in [-0.1, -0.05) is 18.2 Å². The second kappa shape index (κ2) is 9.51. The lowest BCUT2D eigenvalue weighted by atomic mass is 9.95. The molecule has 2 amide bonds. The molecule has 194 valence electrons. The highest BCUT2D eigenvalue weighted by Crippen LogP contribution is 2.45. The molecule has 1 fully saturated rings. The molecule has 0 bridgehead atoms. The van der Waals surface area contributed by atoms with Gasteiger partial charge in [-0.3, -0.25) is 14.6 Å². The van der Waals surface area contributed by atoms with E-state index in [9.17, 15) is 14.0 Å². The molecule has 6 rings (SSSR count). The number of nitrogens with zero attached hydrogens (tertiary/aromatic N) is 1. The van der Waals surface area contributed by atoms with Crippen LogP contribution in [0.2, 0.25) is 0 Å². The van der Waals surface area contributed by atoms with Crippen LogP contribution in [0.5, 0.6) is 0 Å². The number of halogens is 1. The molecule has 0 saturated heterocycles. The highest BCUT2D eigenvalue weighted by molar-refractivity contribution is 6.12. The zero-order valence-corrected chi connectivity index (χ0v) is 21.5. The van der Waals surface area contributed by atoms with Crippen LogP contribution in [0.3, 0.4) is 0 Å². The molecule has 2 heterocycles. The Bertz CT molecular complexity index is 1720. The Morgan fingerprint density at radius 2 is 1.72 bits per heavy atom. The average molecular weight is 520 g/mol. The zero-order chi connectivity index (χ0) is 27.1. The molecular formula is C32H26FN3O3. The van der Waals surface area contributed by atoms with E-state index in [2.05, 4.69) is 15.6 Å². The SMILES string of the molecule is CNC(=O)c1c(-c2ccc(F)cc2)oc2ccc(-c3cc(C(=O)NC4(c5cccnc5)CC4)ccc3C)cc12. The van der Waals surface area contributed by atoms with Gasteiger partial charge in [0.25, 0.3) is 11.8 Å². The van der Waals surface area contributed by atoms with Gasteiger partial charge in [-0.15, -0.1) is 0 Å². The summed E-state index contributed by atoms with van der Waals surface area (Å²) in [6.45, 7) is 1.98. The maximum absolute atomic E-state index is 13.5. The number of aromatic nitrogens is 1. The van der Waals surface area contributed by atoms with E-state index in [1.807, 2.05) is 55.5 Å². The van der Waals surface area contributed by atoms with Gasteiger partial charge >= 0.3 is 0 Å². The number of hydrogen-bond donors (Lipinski definition) is 2. The van der Waals surface area contributed by atoms with Crippen molar-refractivity contribution < 1.29 is 18.4 Å². The third-order valence-corrected chi connectivity index (χ3v) is 7.38. The van der Waals surface area contributed by atoms with E-state index >= 15 is 0 Å². The van der Waals surface area contributed by atoms with Crippen molar-refractivity contribution in [3.8, 4) is 22.5 Å². The fraction of sp³-hybridized carbons (Fsp3) is 0.156. The molecule has 0 aliphatic heterocycles. The average Bonchev–Trinajstić information content (AvgIpc) is 3.65. The number of nitrogens with one attached hydrogen (secondary N) is 2. The van der Waals surface area contributed by atoms with Crippen molar-refractivity contribution in [3.05, 3.63) is 113 Å². The molecule has 6 nitrogen and oxygen atoms in total. The standard InChI is InChI=1S/C32H26FN3O3/c1-19-5-6-22(30(37)36-32(13-14-32)23-4-3-15-35-18-23)17-25(19)21-9-12-27-26(16-21)28(31(38)34-2)29(39-27)20-7-10-24(33)11-8-20/h3-12,15-18H,13-14H2,1-2H3,(H,34,38)(H,36,37). The van der Waals surface area contributed by atoms with Gasteiger partial charge in [0.05, 0.1) is 11.1 Å². The van der Waals surface area contributed by atoms with E-state index in [4.69, 9.17) is 4.42 Å². The second-order valence-corrected chi connectivity index (χ2v) is 9.91. The van der Waals surface area contributed by atoms with E-state index < -0.39 is 0 Å². The number of hydrogen-bond acceptors (Lipinski definition) is 4. The van der Waals surface area contributed by atoms with Gasteiger partial charge < -0.3 is 15.1 Å². The van der Waals surface area contributed by atoms with Crippen LogP contribution in [-0.4, -0.2) is 23.8 Å². The number of furan rings is 1. The van der Waals surface area contributed by atoms with E-state index in [1.54, 1.807) is 31.6 Å². The Balaban J connectivity index is 1.39. The minimum Gasteiger partial charge on any atom is -0.455 e. The van der Waals surface area contributed by atoms with Gasteiger partial charge in [0.2, 0.25) is 0 Å². The summed E-state index contributed by atoms with van der Waals surface area (Å²) in [5, 5.41) is 6.53. The number of rotatable bonds is 6. The molecule has 39 heavy (non-hydrogen) atoms. The normalized spacial score (nSPS) is 13.7. The maximum atomic E-state index is 13.5. The van der Waals surface area contributed by atoms with Gasteiger partial charge in [-0.2, -0.15) is 0 Å². The van der Waals surface area contributed by atoms with Crippen molar-refractivity contribution >= 4 is 22.8 Å². The molecule has 1 saturated carbocycles. The predicted molar refractivity (Wildman–Crippen MR) is 148 cm³/mol. The Labute approximate surface area is 224 Å². The lowest BCUT2D eigenvalue weighted by Gasteiger charge is -2.18. The molecule has 0 radical (unpaired) electrons. The quantitative estimate of drug-likeness (QED) is 0.272. The Kier molecular flexibility index (Phi) is 5.99. The molecule has 1 aliphatic carbocycles. The third-order valence-electron chi connectivity index (χ3n) is 7.38. The molecule has 7 heteroatoms. The number of carbonyl (C=O) groups excluding carboxylic acids is 2. The summed E-state index contributed by atoms with van der Waals surface area (Å²) in [6, 6.07) is 21.0. The summed E-state index contributed by atoms with van der Waals surface area (Å²) in [4.78, 5) is 30.5. The summed E-state index contributed by atoms with van der Waals surface area (Å²) in [5.41, 5.74) is 5.42. The molecule has 2 aromatic heterocycles. The molecule has 0 unspecified atom stereocenters. The third kappa shape index (κ3) is 4.46. The highest BCUT2D eigenvalue weighted by atomic mass is 19.1. The molecule has 3 aromatic carbocycles. The van der Waals surface area contributed by atoms with E-state index in [0.717, 1.165) is 35.1 Å². The van der Waals surface area contributed by atoms with Crippen molar-refractivity contribution in [2.75, 3.05) is 7.05 Å². The maximum Gasteiger partial charge on any atom is 0.255 e. The van der Waals surface area contributed by atoms with Crippen molar-refractivity contribution in [1.82, 2.24) is 15.6 Å². The monoisotopic (exact) mass is 519 g/mol. The van der Waals surface area contributed by atoms with E-state index in [1.165, 1.54) is 12.1 Å². The van der Waals surface area contributed by atoms with Crippen LogP contribution in [0.15, 0.2) is 89.6 Å². The van der Waals surface area contributed by atoms with Crippen molar-refractivity contribution in [3.63, 3.8) is 0 Å². The lowest BCUT2D eigenvalue weighted by molar-refractivity contribution is 0.0929. The van der Waals surface area contributed by atoms with Crippen molar-refractivity contribution in [1.29, 1.82) is 0 Å². The molecule has 1 aliphatic rings. The second-order valence-electron chi connectivity index (χ2n) is 9.91. The fourth-order valence-electron chi connectivity index (χ4n) is 5.04. The van der Waals surface area contributed by atoms with Gasteiger partial charge in [-0.05, 0) is 96.6 Å². The van der Waals surface area contributed by atoms with Crippen molar-refractivity contribution in [2.45, 2.75) is 25.3 Å². The number of benzene rings is 3. The summed E-state index contributed by atoms with van der Waals surface area (Å²) in [6.07, 6.45) is 5.28. The van der Waals surface area contributed by atoms with Crippen molar-refractivity contribution in [2.24, 2.45) is 0 Å². The first-order valence-electron chi connectivity index (χ1n) is 12.8. The van der Waals surface area contributed by atoms with Crippen LogP contribution in [-0.2, 0) is 5.54 Å². The number of fused-ring (bicyclic) bond motifs is 1. The van der Waals surface area contributed by atoms with Gasteiger partial charge in [-0.25, -0.2) is 4.39 Å². The summed E-state index contributed by atoms with van der Waals surface area (Å²) >= 11 is 0. The smallest absolute Gasteiger partial charge is 0.255 e. The predicted octanol–water partition coefficient (Wildman–Crippen LogP) is 6.39. The number of pyridine rings is 1. The van der Waals surface area contributed by atoms with Crippen LogP contribution in [0.25, 0.3) is 33.4 Å². The first-order chi connectivity index (χ1) is 18.9. The van der Waals surface area contributed by atoms with Crippen LogP contribution in [0.4, 0.5) is 4.39 Å². The molecule has 0 atom stereocenters. The van der Waals surface area contributed by atoms with E-state index in [0.29, 0.717) is 33.4 Å². The summed E-state index contributed by atoms with van der Waals surface area (Å²) in [5.74, 6) is -0.450. The van der Waals surface area contributed by atoms with E-state index in [-0.39, 0.29) is 23.2 Å². The van der Waals surface area contributed by atoms with Gasteiger partial charge in [0, 0.05) is 36.0 Å². The highest BCUT2D eigenvalue weighted by Gasteiger charge is 2.46. The summed E-state index contributed by atoms with van der Waals surface area (Å²) < 4.78 is 19.6. The Hall–Kier alpha value is -4.78. The Morgan fingerprint density at radius 1 is 0.949 bits per heavy atom. The zero-order valence-electron chi connectivity index (χ0n) is 21.5. The molecule has 2 N–H and O–H groups in total. The number of amides is 2. The minimum absolute atomic E-state index is 0.147. The molecule has 5 aromatic rings. The molecular weight excluding hydrogens is 493 g/mol. The minimum atomic E-state index is -0.370. The number of aryl methyl sites for hydroxylation is 1. The van der Waals surface area contributed by atoms with Crippen LogP contribution >= 0.6 is 0 Å². The largest absolute Gasteiger partial charge is 0.455 e. The first-order valence-corrected chi connectivity index (χ1v) is 12.8.